The van der Waals surface area contributed by atoms with Crippen molar-refractivity contribution in [2.45, 2.75) is 51.4 Å². The first-order chi connectivity index (χ1) is 7.84. The molecule has 0 saturated heterocycles. The van der Waals surface area contributed by atoms with Crippen LogP contribution >= 0.6 is 0 Å². The molecule has 1 aromatic rings. The Hall–Kier alpha value is -0.800. The molecular formula is C13H21NO2. The van der Waals surface area contributed by atoms with Crippen LogP contribution in [0.3, 0.4) is 0 Å². The van der Waals surface area contributed by atoms with Crippen molar-refractivity contribution < 1.29 is 9.15 Å². The molecule has 1 aliphatic carbocycles. The van der Waals surface area contributed by atoms with Gasteiger partial charge in [-0.1, -0.05) is 12.8 Å². The lowest BCUT2D eigenvalue weighted by atomic mass is 10.2. The lowest BCUT2D eigenvalue weighted by Crippen LogP contribution is -2.33. The summed E-state index contributed by atoms with van der Waals surface area (Å²) < 4.78 is 10.9. The van der Waals surface area contributed by atoms with Gasteiger partial charge in [0.2, 0.25) is 0 Å². The maximum absolute atomic E-state index is 5.69. The second kappa shape index (κ2) is 6.06. The molecule has 0 aromatic carbocycles. The number of hydrogen-bond donors (Lipinski definition) is 1. The zero-order valence-corrected chi connectivity index (χ0v) is 9.95. The molecule has 0 spiro atoms. The van der Waals surface area contributed by atoms with Crippen molar-refractivity contribution in [1.29, 1.82) is 0 Å². The van der Waals surface area contributed by atoms with E-state index in [2.05, 4.69) is 12.2 Å². The molecule has 3 heteroatoms. The van der Waals surface area contributed by atoms with Gasteiger partial charge in [0.15, 0.2) is 0 Å². The van der Waals surface area contributed by atoms with Gasteiger partial charge in [-0.05, 0) is 31.9 Å². The Morgan fingerprint density at radius 2 is 2.31 bits per heavy atom. The third kappa shape index (κ3) is 3.65. The summed E-state index contributed by atoms with van der Waals surface area (Å²) in [4.78, 5) is 0. The van der Waals surface area contributed by atoms with E-state index < -0.39 is 0 Å². The van der Waals surface area contributed by atoms with Crippen LogP contribution in [0.15, 0.2) is 22.8 Å². The number of hydrogen-bond acceptors (Lipinski definition) is 3. The van der Waals surface area contributed by atoms with Gasteiger partial charge in [-0.15, -0.1) is 0 Å². The number of ether oxygens (including phenoxy) is 1. The first-order valence-corrected chi connectivity index (χ1v) is 6.22. The molecule has 0 aliphatic heterocycles. The molecule has 0 radical (unpaired) electrons. The van der Waals surface area contributed by atoms with Crippen molar-refractivity contribution >= 4 is 0 Å². The lowest BCUT2D eigenvalue weighted by molar-refractivity contribution is 0.0414. The zero-order chi connectivity index (χ0) is 11.2. The molecule has 0 amide bonds. The molecule has 0 bridgehead atoms. The van der Waals surface area contributed by atoms with Crippen LogP contribution in [0.25, 0.3) is 0 Å². The summed E-state index contributed by atoms with van der Waals surface area (Å²) in [5, 5.41) is 3.56. The van der Waals surface area contributed by atoms with Crippen molar-refractivity contribution in [3.05, 3.63) is 24.2 Å². The molecule has 1 heterocycles. The Labute approximate surface area is 97.2 Å². The fourth-order valence-electron chi connectivity index (χ4n) is 2.14. The molecule has 3 nitrogen and oxygen atoms in total. The highest BCUT2D eigenvalue weighted by Crippen LogP contribution is 2.17. The van der Waals surface area contributed by atoms with E-state index in [9.17, 15) is 0 Å². The van der Waals surface area contributed by atoms with E-state index in [1.807, 2.05) is 12.1 Å². The quantitative estimate of drug-likeness (QED) is 0.805. The molecule has 1 N–H and O–H groups in total. The Kier molecular flexibility index (Phi) is 4.43. The second-order valence-corrected chi connectivity index (χ2v) is 4.59. The zero-order valence-electron chi connectivity index (χ0n) is 9.95. The summed E-state index contributed by atoms with van der Waals surface area (Å²) in [6, 6.07) is 4.55. The molecule has 1 fully saturated rings. The molecular weight excluding hydrogens is 202 g/mol. The maximum Gasteiger partial charge on any atom is 0.129 e. The lowest BCUT2D eigenvalue weighted by Gasteiger charge is -2.17. The summed E-state index contributed by atoms with van der Waals surface area (Å²) in [5.41, 5.74) is 0. The van der Waals surface area contributed by atoms with Crippen LogP contribution in [-0.2, 0) is 11.3 Å². The van der Waals surface area contributed by atoms with Gasteiger partial charge in [-0.3, -0.25) is 0 Å². The average Bonchev–Trinajstić information content (AvgIpc) is 2.96. The minimum atomic E-state index is 0.241. The predicted octanol–water partition coefficient (Wildman–Crippen LogP) is 2.72. The monoisotopic (exact) mass is 223 g/mol. The topological polar surface area (TPSA) is 34.4 Å². The largest absolute Gasteiger partial charge is 0.467 e. The predicted molar refractivity (Wildman–Crippen MR) is 63.2 cm³/mol. The van der Waals surface area contributed by atoms with Crippen LogP contribution in [0.5, 0.6) is 0 Å². The molecule has 1 saturated carbocycles. The van der Waals surface area contributed by atoms with E-state index in [1.54, 1.807) is 6.26 Å². The highest BCUT2D eigenvalue weighted by molar-refractivity contribution is 4.96. The molecule has 1 atom stereocenters. The van der Waals surface area contributed by atoms with Gasteiger partial charge in [0.05, 0.1) is 12.4 Å². The van der Waals surface area contributed by atoms with E-state index >= 15 is 0 Å². The summed E-state index contributed by atoms with van der Waals surface area (Å²) in [6.45, 7) is 3.61. The Bertz CT molecular complexity index is 278. The van der Waals surface area contributed by atoms with Gasteiger partial charge in [-0.2, -0.15) is 0 Å². The van der Waals surface area contributed by atoms with Crippen LogP contribution in [-0.4, -0.2) is 18.7 Å². The number of furan rings is 1. The Morgan fingerprint density at radius 3 is 3.00 bits per heavy atom. The molecule has 90 valence electrons. The number of rotatable bonds is 6. The van der Waals surface area contributed by atoms with Crippen LogP contribution in [0.2, 0.25) is 0 Å². The van der Waals surface area contributed by atoms with E-state index in [-0.39, 0.29) is 6.10 Å². The highest BCUT2D eigenvalue weighted by atomic mass is 16.5. The first-order valence-electron chi connectivity index (χ1n) is 6.22. The standard InChI is InChI=1S/C13H21NO2/c1-11(9-14-12-5-2-3-6-12)16-10-13-7-4-8-15-13/h4,7-8,11-12,14H,2-3,5-6,9-10H2,1H3. The van der Waals surface area contributed by atoms with E-state index in [0.717, 1.165) is 18.3 Å². The minimum Gasteiger partial charge on any atom is -0.467 e. The fraction of sp³-hybridized carbons (Fsp3) is 0.692. The van der Waals surface area contributed by atoms with Crippen molar-refractivity contribution in [2.75, 3.05) is 6.54 Å². The van der Waals surface area contributed by atoms with Gasteiger partial charge < -0.3 is 14.5 Å². The molecule has 1 unspecified atom stereocenters. The van der Waals surface area contributed by atoms with Crippen molar-refractivity contribution in [3.63, 3.8) is 0 Å². The van der Waals surface area contributed by atoms with Crippen molar-refractivity contribution in [1.82, 2.24) is 5.32 Å². The Morgan fingerprint density at radius 1 is 1.50 bits per heavy atom. The molecule has 1 aliphatic rings. The molecule has 16 heavy (non-hydrogen) atoms. The van der Waals surface area contributed by atoms with Crippen molar-refractivity contribution in [2.24, 2.45) is 0 Å². The van der Waals surface area contributed by atoms with Crippen LogP contribution in [0.1, 0.15) is 38.4 Å². The molecule has 2 rings (SSSR count). The summed E-state index contributed by atoms with van der Waals surface area (Å²) in [7, 11) is 0. The normalized spacial score (nSPS) is 19.1. The van der Waals surface area contributed by atoms with Gasteiger partial charge in [-0.25, -0.2) is 0 Å². The van der Waals surface area contributed by atoms with E-state index in [0.29, 0.717) is 6.61 Å². The number of nitrogens with one attached hydrogen (secondary N) is 1. The SMILES string of the molecule is CC(CNC1CCCC1)OCc1ccco1. The maximum atomic E-state index is 5.69. The Balaban J connectivity index is 1.58. The highest BCUT2D eigenvalue weighted by Gasteiger charge is 2.15. The minimum absolute atomic E-state index is 0.241. The second-order valence-electron chi connectivity index (χ2n) is 4.59. The third-order valence-corrected chi connectivity index (χ3v) is 3.14. The van der Waals surface area contributed by atoms with Gasteiger partial charge in [0, 0.05) is 12.6 Å². The van der Waals surface area contributed by atoms with Crippen LogP contribution in [0.4, 0.5) is 0 Å². The van der Waals surface area contributed by atoms with Gasteiger partial charge in [0.25, 0.3) is 0 Å². The average molecular weight is 223 g/mol. The fourth-order valence-corrected chi connectivity index (χ4v) is 2.14. The van der Waals surface area contributed by atoms with Crippen molar-refractivity contribution in [3.8, 4) is 0 Å². The summed E-state index contributed by atoms with van der Waals surface area (Å²) in [5.74, 6) is 0.896. The van der Waals surface area contributed by atoms with Crippen LogP contribution < -0.4 is 5.32 Å². The van der Waals surface area contributed by atoms with Crippen LogP contribution in [0, 0.1) is 0 Å². The summed E-state index contributed by atoms with van der Waals surface area (Å²) >= 11 is 0. The van der Waals surface area contributed by atoms with E-state index in [1.165, 1.54) is 25.7 Å². The van der Waals surface area contributed by atoms with Gasteiger partial charge >= 0.3 is 0 Å². The summed E-state index contributed by atoms with van der Waals surface area (Å²) in [6.07, 6.45) is 7.32. The van der Waals surface area contributed by atoms with E-state index in [4.69, 9.17) is 9.15 Å². The molecule has 1 aromatic heterocycles. The van der Waals surface area contributed by atoms with Gasteiger partial charge in [0.1, 0.15) is 12.4 Å². The smallest absolute Gasteiger partial charge is 0.129 e. The third-order valence-electron chi connectivity index (χ3n) is 3.14. The first kappa shape index (κ1) is 11.7.